The normalized spacial score (nSPS) is 25.2. The minimum absolute atomic E-state index is 0.00276. The maximum atomic E-state index is 12.9. The summed E-state index contributed by atoms with van der Waals surface area (Å²) < 4.78 is 5.91. The number of ether oxygens (including phenoxy) is 1. The molecule has 1 N–H and O–H groups in total. The van der Waals surface area contributed by atoms with Gasteiger partial charge in [0.25, 0.3) is 5.91 Å². The highest BCUT2D eigenvalue weighted by Crippen LogP contribution is 2.42. The van der Waals surface area contributed by atoms with Gasteiger partial charge in [-0.1, -0.05) is 30.3 Å². The maximum Gasteiger partial charge on any atom is 0.254 e. The van der Waals surface area contributed by atoms with Crippen molar-refractivity contribution >= 4 is 11.8 Å². The van der Waals surface area contributed by atoms with Crippen LogP contribution in [0.3, 0.4) is 0 Å². The van der Waals surface area contributed by atoms with Crippen LogP contribution in [0.4, 0.5) is 0 Å². The number of fused-ring (bicyclic) bond motifs is 1. The van der Waals surface area contributed by atoms with Crippen LogP contribution < -0.4 is 5.56 Å². The number of aromatic amines is 1. The number of benzene rings is 1. The molecule has 2 atom stereocenters. The van der Waals surface area contributed by atoms with E-state index < -0.39 is 5.54 Å². The van der Waals surface area contributed by atoms with E-state index in [1.807, 2.05) is 30.3 Å². The zero-order valence-corrected chi connectivity index (χ0v) is 15.1. The van der Waals surface area contributed by atoms with Crippen LogP contribution in [0.1, 0.15) is 22.3 Å². The minimum Gasteiger partial charge on any atom is -0.364 e. The fourth-order valence-corrected chi connectivity index (χ4v) is 4.17. The van der Waals surface area contributed by atoms with Gasteiger partial charge in [0.05, 0.1) is 5.54 Å². The van der Waals surface area contributed by atoms with E-state index in [9.17, 15) is 14.4 Å². The highest BCUT2D eigenvalue weighted by Gasteiger charge is 2.53. The summed E-state index contributed by atoms with van der Waals surface area (Å²) >= 11 is 0. The van der Waals surface area contributed by atoms with E-state index in [2.05, 4.69) is 4.98 Å². The Kier molecular flexibility index (Phi) is 4.31. The van der Waals surface area contributed by atoms with Crippen LogP contribution in [0.2, 0.25) is 0 Å². The molecule has 7 heteroatoms. The lowest BCUT2D eigenvalue weighted by molar-refractivity contribution is -0.180. The molecule has 140 valence electrons. The molecule has 0 spiro atoms. The number of morpholine rings is 1. The predicted octanol–water partition coefficient (Wildman–Crippen LogP) is 0.974. The van der Waals surface area contributed by atoms with E-state index in [0.717, 1.165) is 5.56 Å². The lowest BCUT2D eigenvalue weighted by Crippen LogP contribution is -2.67. The number of hydrogen-bond donors (Lipinski definition) is 1. The summed E-state index contributed by atoms with van der Waals surface area (Å²) in [6.45, 7) is 0.832. The fraction of sp³-hybridized carbons (Fsp3) is 0.350. The van der Waals surface area contributed by atoms with Gasteiger partial charge >= 0.3 is 0 Å². The Bertz CT molecular complexity index is 926. The number of H-pyrrole nitrogens is 1. The van der Waals surface area contributed by atoms with Crippen LogP contribution in [0.5, 0.6) is 0 Å². The van der Waals surface area contributed by atoms with Crippen LogP contribution in [0, 0.1) is 0 Å². The summed E-state index contributed by atoms with van der Waals surface area (Å²) in [7, 11) is 1.80. The third-order valence-electron chi connectivity index (χ3n) is 5.65. The molecule has 0 radical (unpaired) electrons. The van der Waals surface area contributed by atoms with Crippen molar-refractivity contribution in [3.8, 4) is 0 Å². The summed E-state index contributed by atoms with van der Waals surface area (Å²) in [4.78, 5) is 42.7. The summed E-state index contributed by atoms with van der Waals surface area (Å²) in [5.74, 6) is -0.268. The highest BCUT2D eigenvalue weighted by atomic mass is 16.5. The second-order valence-corrected chi connectivity index (χ2v) is 6.99. The average molecular weight is 367 g/mol. The molecule has 0 bridgehead atoms. The van der Waals surface area contributed by atoms with Gasteiger partial charge in [-0.3, -0.25) is 14.4 Å². The maximum absolute atomic E-state index is 12.9. The van der Waals surface area contributed by atoms with Gasteiger partial charge in [0, 0.05) is 38.0 Å². The summed E-state index contributed by atoms with van der Waals surface area (Å²) in [5, 5.41) is 0. The van der Waals surface area contributed by atoms with Gasteiger partial charge in [-0.2, -0.15) is 0 Å². The van der Waals surface area contributed by atoms with Crippen molar-refractivity contribution in [1.82, 2.24) is 14.8 Å². The van der Waals surface area contributed by atoms with Gasteiger partial charge < -0.3 is 19.5 Å². The minimum atomic E-state index is -0.596. The molecule has 1 aromatic carbocycles. The number of pyridine rings is 1. The Morgan fingerprint density at radius 1 is 1.22 bits per heavy atom. The molecule has 1 aromatic heterocycles. The molecule has 2 aliphatic rings. The number of likely N-dealkylation sites (tertiary alicyclic amines) is 1. The second kappa shape index (κ2) is 6.66. The smallest absolute Gasteiger partial charge is 0.254 e. The van der Waals surface area contributed by atoms with Gasteiger partial charge in [0.1, 0.15) is 12.7 Å². The van der Waals surface area contributed by atoms with Gasteiger partial charge in [0.2, 0.25) is 11.5 Å². The molecule has 2 amide bonds. The molecule has 3 heterocycles. The molecular weight excluding hydrogens is 346 g/mol. The third kappa shape index (κ3) is 2.84. The van der Waals surface area contributed by atoms with Crippen LogP contribution in [0.25, 0.3) is 0 Å². The second-order valence-electron chi connectivity index (χ2n) is 6.99. The molecule has 7 nitrogen and oxygen atoms in total. The number of likely N-dealkylation sites (N-methyl/N-ethyl adjacent to an activating group) is 1. The molecule has 2 aliphatic heterocycles. The predicted molar refractivity (Wildman–Crippen MR) is 98.2 cm³/mol. The number of nitrogens with zero attached hydrogens (tertiary/aromatic N) is 2. The van der Waals surface area contributed by atoms with Gasteiger partial charge in [-0.15, -0.1) is 0 Å². The standard InChI is InChI=1S/C20H21N3O4/c1-22-18(25)13-27-16-12-23(19(26)14-7-9-21-17(24)11-14)10-8-20(16,22)15-5-3-2-4-6-15/h2-7,9,11,16H,8,10,12-13H2,1H3,(H,21,24)/t16-,20+/m1/s1. The molecule has 0 aliphatic carbocycles. The SMILES string of the molecule is CN1C(=O)CO[C@@H]2CN(C(=O)c3cc[nH]c(=O)c3)CC[C@]21c1ccccc1. The number of carbonyl (C=O) groups is 2. The van der Waals surface area contributed by atoms with Gasteiger partial charge in [0.15, 0.2) is 0 Å². The molecular formula is C20H21N3O4. The van der Waals surface area contributed by atoms with Crippen molar-refractivity contribution in [1.29, 1.82) is 0 Å². The number of aromatic nitrogens is 1. The molecule has 0 saturated carbocycles. The van der Waals surface area contributed by atoms with Crippen molar-refractivity contribution < 1.29 is 14.3 Å². The molecule has 2 fully saturated rings. The summed E-state index contributed by atoms with van der Waals surface area (Å²) in [6.07, 6.45) is 1.71. The largest absolute Gasteiger partial charge is 0.364 e. The highest BCUT2D eigenvalue weighted by molar-refractivity contribution is 5.94. The Hall–Kier alpha value is -2.93. The first-order valence-corrected chi connectivity index (χ1v) is 8.94. The Morgan fingerprint density at radius 2 is 2.00 bits per heavy atom. The van der Waals surface area contributed by atoms with E-state index in [1.54, 1.807) is 22.9 Å². The molecule has 4 rings (SSSR count). The number of hydrogen-bond acceptors (Lipinski definition) is 4. The van der Waals surface area contributed by atoms with Crippen LogP contribution in [0.15, 0.2) is 53.5 Å². The Morgan fingerprint density at radius 3 is 2.74 bits per heavy atom. The average Bonchev–Trinajstić information content (AvgIpc) is 2.70. The Labute approximate surface area is 156 Å². The number of nitrogens with one attached hydrogen (secondary N) is 1. The number of piperidine rings is 1. The van der Waals surface area contributed by atoms with E-state index >= 15 is 0 Å². The zero-order valence-electron chi connectivity index (χ0n) is 15.1. The van der Waals surface area contributed by atoms with E-state index in [1.165, 1.54) is 12.3 Å². The first-order chi connectivity index (χ1) is 13.0. The monoisotopic (exact) mass is 367 g/mol. The fourth-order valence-electron chi connectivity index (χ4n) is 4.17. The molecule has 27 heavy (non-hydrogen) atoms. The lowest BCUT2D eigenvalue weighted by Gasteiger charge is -2.54. The quantitative estimate of drug-likeness (QED) is 0.858. The van der Waals surface area contributed by atoms with E-state index in [-0.39, 0.29) is 30.1 Å². The van der Waals surface area contributed by atoms with Crippen molar-refractivity contribution in [2.75, 3.05) is 26.7 Å². The topological polar surface area (TPSA) is 82.7 Å². The summed E-state index contributed by atoms with van der Waals surface area (Å²) in [6, 6.07) is 12.7. The van der Waals surface area contributed by atoms with Gasteiger partial charge in [-0.25, -0.2) is 0 Å². The number of rotatable bonds is 2. The third-order valence-corrected chi connectivity index (χ3v) is 5.65. The van der Waals surface area contributed by atoms with Crippen LogP contribution in [-0.4, -0.2) is 59.4 Å². The number of amides is 2. The van der Waals surface area contributed by atoms with Crippen molar-refractivity contribution in [3.05, 3.63) is 70.1 Å². The van der Waals surface area contributed by atoms with Crippen molar-refractivity contribution in [2.24, 2.45) is 0 Å². The number of carbonyl (C=O) groups excluding carboxylic acids is 2. The summed E-state index contributed by atoms with van der Waals surface area (Å²) in [5.41, 5.74) is 0.456. The van der Waals surface area contributed by atoms with Gasteiger partial charge in [-0.05, 0) is 18.1 Å². The molecule has 0 unspecified atom stereocenters. The Balaban J connectivity index is 1.66. The van der Waals surface area contributed by atoms with E-state index in [0.29, 0.717) is 25.1 Å². The lowest BCUT2D eigenvalue weighted by atomic mass is 9.76. The van der Waals surface area contributed by atoms with E-state index in [4.69, 9.17) is 4.74 Å². The van der Waals surface area contributed by atoms with Crippen molar-refractivity contribution in [3.63, 3.8) is 0 Å². The molecule has 2 aromatic rings. The zero-order chi connectivity index (χ0) is 19.0. The first kappa shape index (κ1) is 17.5. The van der Waals surface area contributed by atoms with Crippen molar-refractivity contribution in [2.45, 2.75) is 18.1 Å². The van der Waals surface area contributed by atoms with Crippen LogP contribution >= 0.6 is 0 Å². The first-order valence-electron chi connectivity index (χ1n) is 8.94. The van der Waals surface area contributed by atoms with Crippen LogP contribution in [-0.2, 0) is 15.1 Å². The molecule has 2 saturated heterocycles.